The predicted octanol–water partition coefficient (Wildman–Crippen LogP) is 3.61. The van der Waals surface area contributed by atoms with Gasteiger partial charge in [0.2, 0.25) is 0 Å². The molecule has 0 heterocycles. The van der Waals surface area contributed by atoms with E-state index < -0.39 is 0 Å². The molecule has 0 nitrogen and oxygen atoms in total. The van der Waals surface area contributed by atoms with Gasteiger partial charge in [0, 0.05) is 0 Å². The van der Waals surface area contributed by atoms with Crippen molar-refractivity contribution in [3.63, 3.8) is 0 Å². The van der Waals surface area contributed by atoms with E-state index in [1.54, 1.807) is 25.7 Å². The molecule has 3 unspecified atom stereocenters. The lowest BCUT2D eigenvalue weighted by Gasteiger charge is -2.33. The Morgan fingerprint density at radius 3 is 2.64 bits per heavy atom. The predicted molar refractivity (Wildman–Crippen MR) is 48.5 cm³/mol. The van der Waals surface area contributed by atoms with Gasteiger partial charge in [-0.3, -0.25) is 0 Å². The van der Waals surface area contributed by atoms with Crippen LogP contribution in [-0.2, 0) is 0 Å². The van der Waals surface area contributed by atoms with Crippen LogP contribution < -0.4 is 0 Å². The average molecular weight is 152 g/mol. The Balaban J connectivity index is 2.15. The average Bonchev–Trinajstić information content (AvgIpc) is 2.60. The van der Waals surface area contributed by atoms with E-state index in [-0.39, 0.29) is 0 Å². The van der Waals surface area contributed by atoms with Crippen LogP contribution in [0.1, 0.15) is 52.4 Å². The monoisotopic (exact) mass is 152 g/mol. The highest BCUT2D eigenvalue weighted by atomic mass is 14.5. The van der Waals surface area contributed by atoms with Crippen molar-refractivity contribution >= 4 is 0 Å². The minimum absolute atomic E-state index is 0.819. The summed E-state index contributed by atoms with van der Waals surface area (Å²) in [6.07, 6.45) is 9.11. The minimum atomic E-state index is 0.819. The highest BCUT2D eigenvalue weighted by Gasteiger charge is 2.49. The summed E-state index contributed by atoms with van der Waals surface area (Å²) < 4.78 is 0. The van der Waals surface area contributed by atoms with Gasteiger partial charge < -0.3 is 0 Å². The zero-order valence-corrected chi connectivity index (χ0v) is 7.90. The highest BCUT2D eigenvalue weighted by molar-refractivity contribution is 4.99. The highest BCUT2D eigenvalue weighted by Crippen LogP contribution is 2.60. The fourth-order valence-electron chi connectivity index (χ4n) is 3.70. The molecule has 0 spiro atoms. The summed E-state index contributed by atoms with van der Waals surface area (Å²) in [6, 6.07) is 0. The Labute approximate surface area is 70.4 Å². The van der Waals surface area contributed by atoms with E-state index in [9.17, 15) is 0 Å². The molecule has 2 rings (SSSR count). The maximum Gasteiger partial charge on any atom is -0.0269 e. The molecule has 0 heteroatoms. The summed E-state index contributed by atoms with van der Waals surface area (Å²) in [5.41, 5.74) is 0.819. The van der Waals surface area contributed by atoms with E-state index in [0.29, 0.717) is 0 Å². The zero-order valence-electron chi connectivity index (χ0n) is 7.90. The van der Waals surface area contributed by atoms with E-state index in [4.69, 9.17) is 0 Å². The molecule has 0 aromatic rings. The van der Waals surface area contributed by atoms with Gasteiger partial charge in [-0.15, -0.1) is 0 Å². The van der Waals surface area contributed by atoms with Gasteiger partial charge in [-0.05, 0) is 42.9 Å². The first kappa shape index (κ1) is 7.64. The van der Waals surface area contributed by atoms with Gasteiger partial charge in [0.1, 0.15) is 0 Å². The number of fused-ring (bicyclic) bond motifs is 2. The van der Waals surface area contributed by atoms with Crippen LogP contribution in [0.2, 0.25) is 0 Å². The molecule has 0 aromatic heterocycles. The first-order valence-electron chi connectivity index (χ1n) is 5.30. The third-order valence-corrected chi connectivity index (χ3v) is 4.43. The SMILES string of the molecule is CCC1CC2CCC1(CC)C2. The third-order valence-electron chi connectivity index (χ3n) is 4.43. The van der Waals surface area contributed by atoms with Crippen LogP contribution in [0.15, 0.2) is 0 Å². The van der Waals surface area contributed by atoms with Crippen LogP contribution in [0, 0.1) is 17.3 Å². The molecule has 0 saturated heterocycles. The standard InChI is InChI=1S/C11H20/c1-3-10-7-9-5-6-11(10,4-2)8-9/h9-10H,3-8H2,1-2H3. The quantitative estimate of drug-likeness (QED) is 0.567. The molecule has 2 bridgehead atoms. The first-order valence-corrected chi connectivity index (χ1v) is 5.30. The molecular weight excluding hydrogens is 132 g/mol. The molecule has 2 aliphatic carbocycles. The van der Waals surface area contributed by atoms with Crippen molar-refractivity contribution in [3.8, 4) is 0 Å². The molecule has 2 aliphatic rings. The molecule has 0 amide bonds. The van der Waals surface area contributed by atoms with Crippen LogP contribution in [-0.4, -0.2) is 0 Å². The second-order valence-electron chi connectivity index (χ2n) is 4.67. The Bertz CT molecular complexity index is 150. The molecule has 0 radical (unpaired) electrons. The van der Waals surface area contributed by atoms with Crippen molar-refractivity contribution in [1.82, 2.24) is 0 Å². The largest absolute Gasteiger partial charge is 0.0651 e. The van der Waals surface area contributed by atoms with Crippen molar-refractivity contribution in [3.05, 3.63) is 0 Å². The van der Waals surface area contributed by atoms with E-state index in [1.165, 1.54) is 12.8 Å². The van der Waals surface area contributed by atoms with E-state index in [0.717, 1.165) is 17.3 Å². The Kier molecular flexibility index (Phi) is 1.74. The maximum atomic E-state index is 2.40. The first-order chi connectivity index (χ1) is 5.30. The number of rotatable bonds is 2. The van der Waals surface area contributed by atoms with Gasteiger partial charge >= 0.3 is 0 Å². The Morgan fingerprint density at radius 1 is 1.36 bits per heavy atom. The van der Waals surface area contributed by atoms with Crippen LogP contribution in [0.5, 0.6) is 0 Å². The summed E-state index contributed by atoms with van der Waals surface area (Å²) in [4.78, 5) is 0. The van der Waals surface area contributed by atoms with Crippen molar-refractivity contribution < 1.29 is 0 Å². The lowest BCUT2D eigenvalue weighted by atomic mass is 9.72. The van der Waals surface area contributed by atoms with Crippen LogP contribution in [0.3, 0.4) is 0 Å². The molecule has 0 aliphatic heterocycles. The second-order valence-corrected chi connectivity index (χ2v) is 4.67. The molecule has 64 valence electrons. The number of hydrogen-bond donors (Lipinski definition) is 0. The Morgan fingerprint density at radius 2 is 2.18 bits per heavy atom. The van der Waals surface area contributed by atoms with E-state index in [1.807, 2.05) is 0 Å². The maximum absolute atomic E-state index is 2.40. The van der Waals surface area contributed by atoms with Gasteiger partial charge in [-0.1, -0.05) is 26.7 Å². The zero-order chi connectivity index (χ0) is 7.90. The molecule has 0 N–H and O–H groups in total. The van der Waals surface area contributed by atoms with Gasteiger partial charge in [0.15, 0.2) is 0 Å². The van der Waals surface area contributed by atoms with Crippen molar-refractivity contribution in [1.29, 1.82) is 0 Å². The smallest absolute Gasteiger partial charge is 0.0269 e. The molecule has 2 saturated carbocycles. The van der Waals surface area contributed by atoms with Crippen LogP contribution in [0.25, 0.3) is 0 Å². The van der Waals surface area contributed by atoms with Gasteiger partial charge in [-0.2, -0.15) is 0 Å². The third kappa shape index (κ3) is 0.947. The normalized spacial score (nSPS) is 48.5. The molecule has 2 fully saturated rings. The molecule has 11 heavy (non-hydrogen) atoms. The Hall–Kier alpha value is 0. The summed E-state index contributed by atoms with van der Waals surface area (Å²) in [7, 11) is 0. The molecular formula is C11H20. The van der Waals surface area contributed by atoms with Crippen molar-refractivity contribution in [2.45, 2.75) is 52.4 Å². The van der Waals surface area contributed by atoms with Gasteiger partial charge in [-0.25, -0.2) is 0 Å². The van der Waals surface area contributed by atoms with E-state index >= 15 is 0 Å². The second kappa shape index (κ2) is 2.50. The van der Waals surface area contributed by atoms with Crippen molar-refractivity contribution in [2.24, 2.45) is 17.3 Å². The fourth-order valence-corrected chi connectivity index (χ4v) is 3.70. The lowest BCUT2D eigenvalue weighted by Crippen LogP contribution is -2.23. The minimum Gasteiger partial charge on any atom is -0.0651 e. The van der Waals surface area contributed by atoms with Gasteiger partial charge in [0.05, 0.1) is 0 Å². The van der Waals surface area contributed by atoms with E-state index in [2.05, 4.69) is 13.8 Å². The van der Waals surface area contributed by atoms with Crippen LogP contribution in [0.4, 0.5) is 0 Å². The molecule has 0 aromatic carbocycles. The summed E-state index contributed by atoms with van der Waals surface area (Å²) in [6.45, 7) is 4.78. The van der Waals surface area contributed by atoms with Gasteiger partial charge in [0.25, 0.3) is 0 Å². The summed E-state index contributed by atoms with van der Waals surface area (Å²) >= 11 is 0. The summed E-state index contributed by atoms with van der Waals surface area (Å²) in [5, 5.41) is 0. The molecule has 3 atom stereocenters. The summed E-state index contributed by atoms with van der Waals surface area (Å²) in [5.74, 6) is 2.21. The topological polar surface area (TPSA) is 0 Å². The van der Waals surface area contributed by atoms with Crippen LogP contribution >= 0.6 is 0 Å². The fraction of sp³-hybridized carbons (Fsp3) is 1.00. The van der Waals surface area contributed by atoms with Crippen molar-refractivity contribution in [2.75, 3.05) is 0 Å². The lowest BCUT2D eigenvalue weighted by molar-refractivity contribution is 0.171. The number of hydrogen-bond acceptors (Lipinski definition) is 0.